The van der Waals surface area contributed by atoms with Crippen molar-refractivity contribution in [1.29, 1.82) is 0 Å². The number of ether oxygens (including phenoxy) is 3. The second-order valence-electron chi connectivity index (χ2n) is 6.12. The summed E-state index contributed by atoms with van der Waals surface area (Å²) in [6.07, 6.45) is 0. The van der Waals surface area contributed by atoms with Crippen LogP contribution in [0, 0.1) is 0 Å². The molecule has 154 valence electrons. The fourth-order valence-corrected chi connectivity index (χ4v) is 3.46. The number of thiophene rings is 1. The first-order chi connectivity index (χ1) is 14.7. The van der Waals surface area contributed by atoms with Crippen LogP contribution in [0.2, 0.25) is 0 Å². The van der Waals surface area contributed by atoms with Gasteiger partial charge in [-0.1, -0.05) is 6.07 Å². The molecule has 1 aromatic carbocycles. The predicted octanol–water partition coefficient (Wildman–Crippen LogP) is 2.68. The van der Waals surface area contributed by atoms with E-state index in [1.54, 1.807) is 43.0 Å². The van der Waals surface area contributed by atoms with Crippen molar-refractivity contribution < 1.29 is 19.0 Å². The first-order valence-electron chi connectivity index (χ1n) is 9.09. The number of methoxy groups -OCH3 is 2. The summed E-state index contributed by atoms with van der Waals surface area (Å²) >= 11 is 1.39. The molecule has 0 saturated carbocycles. The van der Waals surface area contributed by atoms with E-state index in [1.165, 1.54) is 11.3 Å². The molecule has 0 aliphatic carbocycles. The second-order valence-corrected chi connectivity index (χ2v) is 7.06. The smallest absolute Gasteiger partial charge is 0.261 e. The molecule has 4 rings (SSSR count). The van der Waals surface area contributed by atoms with Gasteiger partial charge in [0.1, 0.15) is 6.61 Å². The van der Waals surface area contributed by atoms with Crippen molar-refractivity contribution in [3.05, 3.63) is 52.7 Å². The van der Waals surface area contributed by atoms with Gasteiger partial charge in [-0.25, -0.2) is 0 Å². The lowest BCUT2D eigenvalue weighted by Crippen LogP contribution is -2.27. The summed E-state index contributed by atoms with van der Waals surface area (Å²) in [4.78, 5) is 12.6. The Morgan fingerprint density at radius 3 is 2.73 bits per heavy atom. The lowest BCUT2D eigenvalue weighted by atomic mass is 10.2. The minimum atomic E-state index is -0.119. The zero-order valence-electron chi connectivity index (χ0n) is 16.4. The highest BCUT2D eigenvalue weighted by Crippen LogP contribution is 2.31. The number of fused-ring (bicyclic) bond motifs is 1. The van der Waals surface area contributed by atoms with Gasteiger partial charge in [-0.3, -0.25) is 4.79 Å². The molecule has 0 aliphatic rings. The molecule has 0 saturated heterocycles. The van der Waals surface area contributed by atoms with Gasteiger partial charge in [0.15, 0.2) is 23.0 Å². The Kier molecular flexibility index (Phi) is 5.75. The summed E-state index contributed by atoms with van der Waals surface area (Å²) in [5, 5.41) is 17.5. The number of carbonyl (C=O) groups is 1. The predicted molar refractivity (Wildman–Crippen MR) is 111 cm³/mol. The summed E-state index contributed by atoms with van der Waals surface area (Å²) in [5.41, 5.74) is 1.35. The first kappa shape index (κ1) is 19.6. The van der Waals surface area contributed by atoms with Gasteiger partial charge in [-0.15, -0.1) is 26.6 Å². The molecule has 0 aliphatic heterocycles. The maximum Gasteiger partial charge on any atom is 0.261 e. The van der Waals surface area contributed by atoms with Crippen molar-refractivity contribution in [2.45, 2.75) is 0 Å². The molecule has 10 heteroatoms. The Balaban J connectivity index is 1.47. The van der Waals surface area contributed by atoms with Crippen molar-refractivity contribution in [3.8, 4) is 28.8 Å². The van der Waals surface area contributed by atoms with E-state index in [0.717, 1.165) is 5.56 Å². The first-order valence-corrected chi connectivity index (χ1v) is 9.97. The fraction of sp³-hybridized carbons (Fsp3) is 0.200. The molecule has 0 radical (unpaired) electrons. The molecule has 4 aromatic rings. The Morgan fingerprint density at radius 1 is 1.10 bits per heavy atom. The van der Waals surface area contributed by atoms with Gasteiger partial charge in [0.25, 0.3) is 5.91 Å². The highest BCUT2D eigenvalue weighted by Gasteiger charge is 2.14. The zero-order chi connectivity index (χ0) is 20.9. The van der Waals surface area contributed by atoms with Crippen LogP contribution in [0.15, 0.2) is 47.8 Å². The number of hydrogen-bond acceptors (Lipinski definition) is 8. The Morgan fingerprint density at radius 2 is 1.97 bits per heavy atom. The lowest BCUT2D eigenvalue weighted by molar-refractivity contribution is 0.0950. The molecule has 1 N–H and O–H groups in total. The highest BCUT2D eigenvalue weighted by atomic mass is 32.1. The van der Waals surface area contributed by atoms with Crippen LogP contribution in [-0.4, -0.2) is 53.1 Å². The molecule has 0 bridgehead atoms. The SMILES string of the molecule is COc1ccc(-c2nnc3ccc(OCCNC(=O)c4cccs4)nn23)cc1OC. The van der Waals surface area contributed by atoms with Crippen molar-refractivity contribution >= 4 is 22.9 Å². The minimum absolute atomic E-state index is 0.119. The molecule has 0 atom stereocenters. The average molecular weight is 425 g/mol. The highest BCUT2D eigenvalue weighted by molar-refractivity contribution is 7.12. The number of nitrogens with zero attached hydrogens (tertiary/aromatic N) is 4. The van der Waals surface area contributed by atoms with Gasteiger partial charge in [0.05, 0.1) is 25.6 Å². The van der Waals surface area contributed by atoms with E-state index >= 15 is 0 Å². The number of amides is 1. The normalized spacial score (nSPS) is 10.7. The third-order valence-corrected chi connectivity index (χ3v) is 5.13. The second kappa shape index (κ2) is 8.78. The van der Waals surface area contributed by atoms with Gasteiger partial charge in [0, 0.05) is 11.6 Å². The van der Waals surface area contributed by atoms with E-state index in [4.69, 9.17) is 14.2 Å². The number of hydrogen-bond donors (Lipinski definition) is 1. The molecular formula is C20H19N5O4S. The van der Waals surface area contributed by atoms with E-state index in [2.05, 4.69) is 20.6 Å². The fourth-order valence-electron chi connectivity index (χ4n) is 2.82. The number of rotatable bonds is 8. The van der Waals surface area contributed by atoms with E-state index < -0.39 is 0 Å². The van der Waals surface area contributed by atoms with Crippen molar-refractivity contribution in [2.24, 2.45) is 0 Å². The summed E-state index contributed by atoms with van der Waals surface area (Å²) in [5.74, 6) is 2.03. The quantitative estimate of drug-likeness (QED) is 0.433. The van der Waals surface area contributed by atoms with Crippen LogP contribution in [0.5, 0.6) is 17.4 Å². The van der Waals surface area contributed by atoms with Gasteiger partial charge in [-0.2, -0.15) is 4.52 Å². The monoisotopic (exact) mass is 425 g/mol. The molecular weight excluding hydrogens is 406 g/mol. The van der Waals surface area contributed by atoms with Gasteiger partial charge >= 0.3 is 0 Å². The average Bonchev–Trinajstić information content (AvgIpc) is 3.46. The largest absolute Gasteiger partial charge is 0.493 e. The van der Waals surface area contributed by atoms with Crippen molar-refractivity contribution in [1.82, 2.24) is 25.1 Å². The van der Waals surface area contributed by atoms with Crippen molar-refractivity contribution in [3.63, 3.8) is 0 Å². The number of benzene rings is 1. The van der Waals surface area contributed by atoms with Crippen LogP contribution >= 0.6 is 11.3 Å². The Hall–Kier alpha value is -3.66. The van der Waals surface area contributed by atoms with Crippen LogP contribution in [0.4, 0.5) is 0 Å². The topological polar surface area (TPSA) is 99.9 Å². The summed E-state index contributed by atoms with van der Waals surface area (Å²) in [6, 6.07) is 12.6. The Labute approximate surface area is 176 Å². The standard InChI is InChI=1S/C20H19N5O4S/c1-27-14-6-5-13(12-15(14)28-2)19-23-22-17-7-8-18(24-25(17)19)29-10-9-21-20(26)16-4-3-11-30-16/h3-8,11-12H,9-10H2,1-2H3,(H,21,26). The van der Waals surface area contributed by atoms with Crippen LogP contribution in [-0.2, 0) is 0 Å². The third kappa shape index (κ3) is 4.03. The maximum atomic E-state index is 11.9. The molecule has 30 heavy (non-hydrogen) atoms. The van der Waals surface area contributed by atoms with Crippen LogP contribution in [0.3, 0.4) is 0 Å². The molecule has 9 nitrogen and oxygen atoms in total. The Bertz CT molecular complexity index is 1160. The van der Waals surface area contributed by atoms with E-state index in [1.807, 2.05) is 23.6 Å². The molecule has 0 spiro atoms. The van der Waals surface area contributed by atoms with Gasteiger partial charge in [-0.05, 0) is 35.7 Å². The van der Waals surface area contributed by atoms with Crippen LogP contribution < -0.4 is 19.5 Å². The summed E-state index contributed by atoms with van der Waals surface area (Å²) in [6.45, 7) is 0.643. The number of nitrogens with one attached hydrogen (secondary N) is 1. The van der Waals surface area contributed by atoms with E-state index in [0.29, 0.717) is 40.3 Å². The van der Waals surface area contributed by atoms with Crippen LogP contribution in [0.25, 0.3) is 17.0 Å². The third-order valence-electron chi connectivity index (χ3n) is 4.26. The summed E-state index contributed by atoms with van der Waals surface area (Å²) < 4.78 is 17.9. The zero-order valence-corrected chi connectivity index (χ0v) is 17.2. The molecule has 3 aromatic heterocycles. The maximum absolute atomic E-state index is 11.9. The number of aromatic nitrogens is 4. The molecule has 3 heterocycles. The van der Waals surface area contributed by atoms with Crippen LogP contribution in [0.1, 0.15) is 9.67 Å². The minimum Gasteiger partial charge on any atom is -0.493 e. The van der Waals surface area contributed by atoms with E-state index in [-0.39, 0.29) is 12.5 Å². The van der Waals surface area contributed by atoms with Gasteiger partial charge in [0.2, 0.25) is 5.88 Å². The van der Waals surface area contributed by atoms with Crippen molar-refractivity contribution in [2.75, 3.05) is 27.4 Å². The van der Waals surface area contributed by atoms with E-state index in [9.17, 15) is 4.79 Å². The molecule has 0 fully saturated rings. The lowest BCUT2D eigenvalue weighted by Gasteiger charge is -2.09. The molecule has 1 amide bonds. The molecule has 0 unspecified atom stereocenters. The summed E-state index contributed by atoms with van der Waals surface area (Å²) in [7, 11) is 3.16. The number of carbonyl (C=O) groups excluding carboxylic acids is 1. The van der Waals surface area contributed by atoms with Gasteiger partial charge < -0.3 is 19.5 Å².